The molecule has 1 unspecified atom stereocenters. The van der Waals surface area contributed by atoms with Crippen LogP contribution >= 0.6 is 0 Å². The summed E-state index contributed by atoms with van der Waals surface area (Å²) >= 11 is 0. The zero-order valence-electron chi connectivity index (χ0n) is 12.0. The van der Waals surface area contributed by atoms with E-state index in [1.165, 1.54) is 0 Å². The molecule has 0 aromatic heterocycles. The van der Waals surface area contributed by atoms with Gasteiger partial charge >= 0.3 is 0 Å². The van der Waals surface area contributed by atoms with E-state index in [9.17, 15) is 25.6 Å². The summed E-state index contributed by atoms with van der Waals surface area (Å²) in [5.41, 5.74) is 0. The molecule has 1 atom stereocenters. The van der Waals surface area contributed by atoms with Gasteiger partial charge in [-0.2, -0.15) is 4.31 Å². The predicted molar refractivity (Wildman–Crippen MR) is 77.6 cm³/mol. The monoisotopic (exact) mass is 353 g/mol. The van der Waals surface area contributed by atoms with Crippen molar-refractivity contribution in [1.29, 1.82) is 0 Å². The van der Waals surface area contributed by atoms with Gasteiger partial charge < -0.3 is 0 Å². The first kappa shape index (κ1) is 17.3. The minimum Gasteiger partial charge on any atom is -0.229 e. The van der Waals surface area contributed by atoms with Crippen LogP contribution in [0.15, 0.2) is 23.1 Å². The highest BCUT2D eigenvalue weighted by Gasteiger charge is 2.39. The quantitative estimate of drug-likeness (QED) is 0.805. The van der Waals surface area contributed by atoms with Crippen molar-refractivity contribution >= 4 is 19.9 Å². The Kier molecular flexibility index (Phi) is 4.88. The lowest BCUT2D eigenvalue weighted by Gasteiger charge is -2.27. The maximum Gasteiger partial charge on any atom is 0.246 e. The molecule has 1 aliphatic rings. The maximum absolute atomic E-state index is 13.8. The minimum absolute atomic E-state index is 0.0827. The summed E-state index contributed by atoms with van der Waals surface area (Å²) in [6.07, 6.45) is 0.642. The molecular formula is C13H17F2NO4S2. The van der Waals surface area contributed by atoms with E-state index in [4.69, 9.17) is 0 Å². The molecule has 1 aromatic carbocycles. The zero-order valence-corrected chi connectivity index (χ0v) is 13.6. The first-order chi connectivity index (χ1) is 10.2. The second-order valence-electron chi connectivity index (χ2n) is 5.25. The van der Waals surface area contributed by atoms with Crippen LogP contribution in [0.1, 0.15) is 19.8 Å². The largest absolute Gasteiger partial charge is 0.246 e. The summed E-state index contributed by atoms with van der Waals surface area (Å²) in [5.74, 6) is -2.40. The van der Waals surface area contributed by atoms with Crippen molar-refractivity contribution in [3.63, 3.8) is 0 Å². The van der Waals surface area contributed by atoms with Crippen LogP contribution in [0, 0.1) is 11.6 Å². The molecule has 0 radical (unpaired) electrons. The molecule has 2 rings (SSSR count). The second-order valence-corrected chi connectivity index (χ2v) is 9.34. The first-order valence-electron chi connectivity index (χ1n) is 6.84. The van der Waals surface area contributed by atoms with Gasteiger partial charge in [0.15, 0.2) is 9.84 Å². The molecule has 0 bridgehead atoms. The zero-order chi connectivity index (χ0) is 16.5. The third-order valence-electron chi connectivity index (χ3n) is 3.54. The van der Waals surface area contributed by atoms with Crippen molar-refractivity contribution in [2.75, 3.05) is 18.1 Å². The van der Waals surface area contributed by atoms with E-state index in [0.29, 0.717) is 12.5 Å². The molecule has 1 saturated heterocycles. The predicted octanol–water partition coefficient (Wildman–Crippen LogP) is 1.55. The smallest absolute Gasteiger partial charge is 0.229 e. The Morgan fingerprint density at radius 3 is 2.50 bits per heavy atom. The van der Waals surface area contributed by atoms with Gasteiger partial charge in [0, 0.05) is 18.7 Å². The Bertz CT molecular complexity index is 762. The number of nitrogens with zero attached hydrogens (tertiary/aromatic N) is 1. The van der Waals surface area contributed by atoms with Gasteiger partial charge in [-0.3, -0.25) is 0 Å². The highest BCUT2D eigenvalue weighted by Crippen LogP contribution is 2.27. The van der Waals surface area contributed by atoms with Gasteiger partial charge in [0.2, 0.25) is 10.0 Å². The molecule has 0 amide bonds. The van der Waals surface area contributed by atoms with Crippen molar-refractivity contribution < 1.29 is 25.6 Å². The van der Waals surface area contributed by atoms with Crippen LogP contribution in [-0.2, 0) is 19.9 Å². The molecule has 5 nitrogen and oxygen atoms in total. The summed E-state index contributed by atoms with van der Waals surface area (Å²) < 4.78 is 76.2. The van der Waals surface area contributed by atoms with E-state index in [1.807, 2.05) is 0 Å². The third-order valence-corrected chi connectivity index (χ3v) is 7.28. The molecule has 0 saturated carbocycles. The standard InChI is InChI=1S/C13H17F2NO4S2/c1-2-6-16(11-5-7-21(17,18)9-11)22(19,20)13-4-3-10(14)8-12(13)15/h3-4,8,11H,2,5-7,9H2,1H3. The average Bonchev–Trinajstić information content (AvgIpc) is 2.75. The van der Waals surface area contributed by atoms with E-state index >= 15 is 0 Å². The Morgan fingerprint density at radius 1 is 1.32 bits per heavy atom. The molecule has 1 aliphatic heterocycles. The van der Waals surface area contributed by atoms with Crippen molar-refractivity contribution in [2.45, 2.75) is 30.7 Å². The molecule has 0 N–H and O–H groups in total. The molecule has 22 heavy (non-hydrogen) atoms. The van der Waals surface area contributed by atoms with Crippen LogP contribution < -0.4 is 0 Å². The topological polar surface area (TPSA) is 71.5 Å². The Balaban J connectivity index is 2.42. The number of hydrogen-bond acceptors (Lipinski definition) is 4. The molecule has 0 spiro atoms. The lowest BCUT2D eigenvalue weighted by atomic mass is 10.2. The van der Waals surface area contributed by atoms with Crippen LogP contribution in [0.3, 0.4) is 0 Å². The van der Waals surface area contributed by atoms with Gasteiger partial charge in [0.1, 0.15) is 16.5 Å². The summed E-state index contributed by atoms with van der Waals surface area (Å²) in [4.78, 5) is -0.633. The number of sulfonamides is 1. The minimum atomic E-state index is -4.22. The number of benzene rings is 1. The normalized spacial score (nSPS) is 21.4. The number of rotatable bonds is 5. The van der Waals surface area contributed by atoms with E-state index in [2.05, 4.69) is 0 Å². The lowest BCUT2D eigenvalue weighted by molar-refractivity contribution is 0.338. The summed E-state index contributed by atoms with van der Waals surface area (Å²) in [6, 6.07) is 1.53. The van der Waals surface area contributed by atoms with Gasteiger partial charge in [-0.1, -0.05) is 6.92 Å². The third kappa shape index (κ3) is 3.47. The van der Waals surface area contributed by atoms with Crippen LogP contribution in [-0.4, -0.2) is 45.2 Å². The fraction of sp³-hybridized carbons (Fsp3) is 0.538. The Labute approximate surface area is 128 Å². The number of sulfone groups is 1. The van der Waals surface area contributed by atoms with Crippen molar-refractivity contribution in [3.05, 3.63) is 29.8 Å². The SMILES string of the molecule is CCCN(C1CCS(=O)(=O)C1)S(=O)(=O)c1ccc(F)cc1F. The molecule has 9 heteroatoms. The van der Waals surface area contributed by atoms with Crippen molar-refractivity contribution in [2.24, 2.45) is 0 Å². The molecular weight excluding hydrogens is 336 g/mol. The van der Waals surface area contributed by atoms with E-state index in [1.54, 1.807) is 6.92 Å². The number of hydrogen-bond donors (Lipinski definition) is 0. The molecule has 0 aliphatic carbocycles. The van der Waals surface area contributed by atoms with Crippen molar-refractivity contribution in [3.8, 4) is 0 Å². The average molecular weight is 353 g/mol. The van der Waals surface area contributed by atoms with Gasteiger partial charge in [-0.05, 0) is 25.0 Å². The van der Waals surface area contributed by atoms with Gasteiger partial charge in [0.05, 0.1) is 11.5 Å². The highest BCUT2D eigenvalue weighted by atomic mass is 32.2. The fourth-order valence-electron chi connectivity index (χ4n) is 2.53. The molecule has 1 aromatic rings. The lowest BCUT2D eigenvalue weighted by Crippen LogP contribution is -2.41. The number of halogens is 2. The van der Waals surface area contributed by atoms with Gasteiger partial charge in [-0.15, -0.1) is 0 Å². The second kappa shape index (κ2) is 6.21. The van der Waals surface area contributed by atoms with Crippen LogP contribution in [0.5, 0.6) is 0 Å². The molecule has 1 heterocycles. The summed E-state index contributed by atoms with van der Waals surface area (Å²) in [6.45, 7) is 1.83. The van der Waals surface area contributed by atoms with Crippen LogP contribution in [0.25, 0.3) is 0 Å². The molecule has 124 valence electrons. The van der Waals surface area contributed by atoms with E-state index in [-0.39, 0.29) is 24.5 Å². The van der Waals surface area contributed by atoms with E-state index < -0.39 is 42.4 Å². The fourth-order valence-corrected chi connectivity index (χ4v) is 6.15. The molecule has 1 fully saturated rings. The Morgan fingerprint density at radius 2 is 2.00 bits per heavy atom. The van der Waals surface area contributed by atoms with Gasteiger partial charge in [0.25, 0.3) is 0 Å². The first-order valence-corrected chi connectivity index (χ1v) is 10.1. The summed E-state index contributed by atoms with van der Waals surface area (Å²) in [5, 5.41) is 0. The van der Waals surface area contributed by atoms with Crippen LogP contribution in [0.2, 0.25) is 0 Å². The van der Waals surface area contributed by atoms with Gasteiger partial charge in [-0.25, -0.2) is 25.6 Å². The van der Waals surface area contributed by atoms with E-state index in [0.717, 1.165) is 16.4 Å². The Hall–Kier alpha value is -1.06. The highest BCUT2D eigenvalue weighted by molar-refractivity contribution is 7.92. The van der Waals surface area contributed by atoms with Crippen molar-refractivity contribution in [1.82, 2.24) is 4.31 Å². The maximum atomic E-state index is 13.8. The summed E-state index contributed by atoms with van der Waals surface area (Å²) in [7, 11) is -7.50. The van der Waals surface area contributed by atoms with Crippen LogP contribution in [0.4, 0.5) is 8.78 Å².